The van der Waals surface area contributed by atoms with Crippen molar-refractivity contribution in [3.63, 3.8) is 0 Å². The Labute approximate surface area is 142 Å². The summed E-state index contributed by atoms with van der Waals surface area (Å²) in [5.41, 5.74) is 1.19. The van der Waals surface area contributed by atoms with Crippen molar-refractivity contribution in [2.24, 2.45) is 22.7 Å². The number of amides is 1. The van der Waals surface area contributed by atoms with Crippen LogP contribution >= 0.6 is 11.3 Å². The van der Waals surface area contributed by atoms with E-state index in [1.807, 2.05) is 0 Å². The molecule has 3 atom stereocenters. The van der Waals surface area contributed by atoms with Gasteiger partial charge in [0.1, 0.15) is 0 Å². The van der Waals surface area contributed by atoms with Crippen molar-refractivity contribution < 1.29 is 9.53 Å². The van der Waals surface area contributed by atoms with Crippen molar-refractivity contribution in [1.82, 2.24) is 4.57 Å². The van der Waals surface area contributed by atoms with Gasteiger partial charge in [-0.25, -0.2) is 0 Å². The molecular formula is C18H28N2O2S. The number of nitrogens with zero attached hydrogens (tertiary/aromatic N) is 2. The largest absolute Gasteiger partial charge is 0.383 e. The van der Waals surface area contributed by atoms with Crippen molar-refractivity contribution in [1.29, 1.82) is 0 Å². The molecule has 3 rings (SSSR count). The van der Waals surface area contributed by atoms with E-state index < -0.39 is 0 Å². The summed E-state index contributed by atoms with van der Waals surface area (Å²) in [5.74, 6) is 1.54. The first kappa shape index (κ1) is 16.9. The molecule has 0 saturated heterocycles. The van der Waals surface area contributed by atoms with Crippen LogP contribution in [0.3, 0.4) is 0 Å². The predicted octanol–water partition coefficient (Wildman–Crippen LogP) is 3.46. The van der Waals surface area contributed by atoms with Crippen molar-refractivity contribution >= 4 is 17.2 Å². The molecule has 2 aliphatic rings. The molecular weight excluding hydrogens is 308 g/mol. The van der Waals surface area contributed by atoms with Crippen LogP contribution in [0, 0.1) is 31.6 Å². The van der Waals surface area contributed by atoms with Crippen LogP contribution in [-0.4, -0.2) is 24.2 Å². The van der Waals surface area contributed by atoms with Gasteiger partial charge in [-0.1, -0.05) is 25.7 Å². The maximum atomic E-state index is 12.7. The smallest absolute Gasteiger partial charge is 0.252 e. The molecule has 0 N–H and O–H groups in total. The molecule has 0 unspecified atom stereocenters. The highest BCUT2D eigenvalue weighted by molar-refractivity contribution is 7.09. The summed E-state index contributed by atoms with van der Waals surface area (Å²) in [6.45, 7) is 5.59. The number of aromatic nitrogens is 1. The van der Waals surface area contributed by atoms with Gasteiger partial charge in [-0.05, 0) is 38.5 Å². The topological polar surface area (TPSA) is 43.6 Å². The number of carbonyl (C=O) groups excluding carboxylic acids is 1. The van der Waals surface area contributed by atoms with Gasteiger partial charge in [0.2, 0.25) is 0 Å². The molecule has 128 valence electrons. The predicted molar refractivity (Wildman–Crippen MR) is 92.4 cm³/mol. The fourth-order valence-electron chi connectivity index (χ4n) is 4.01. The number of aryl methyl sites for hydroxylation is 1. The highest BCUT2D eigenvalue weighted by atomic mass is 32.1. The quantitative estimate of drug-likeness (QED) is 0.845. The van der Waals surface area contributed by atoms with Gasteiger partial charge >= 0.3 is 0 Å². The molecule has 5 heteroatoms. The second kappa shape index (κ2) is 7.31. The van der Waals surface area contributed by atoms with E-state index in [9.17, 15) is 4.79 Å². The molecule has 0 aliphatic heterocycles. The van der Waals surface area contributed by atoms with Gasteiger partial charge in [0.05, 0.1) is 6.61 Å². The first-order chi connectivity index (χ1) is 11.1. The van der Waals surface area contributed by atoms with Crippen LogP contribution in [0.4, 0.5) is 0 Å². The van der Waals surface area contributed by atoms with Gasteiger partial charge in [-0.3, -0.25) is 4.79 Å². The molecule has 4 nitrogen and oxygen atoms in total. The fraction of sp³-hybridized carbons (Fsp3) is 0.778. The molecule has 0 aromatic carbocycles. The lowest BCUT2D eigenvalue weighted by molar-refractivity contribution is -0.119. The third-order valence-corrected chi connectivity index (χ3v) is 6.65. The van der Waals surface area contributed by atoms with E-state index in [0.29, 0.717) is 18.4 Å². The summed E-state index contributed by atoms with van der Waals surface area (Å²) in [5, 5.41) is 0. The molecule has 0 spiro atoms. The van der Waals surface area contributed by atoms with Gasteiger partial charge in [-0.2, -0.15) is 4.99 Å². The highest BCUT2D eigenvalue weighted by Crippen LogP contribution is 2.54. The highest BCUT2D eigenvalue weighted by Gasteiger charge is 2.53. The van der Waals surface area contributed by atoms with Crippen molar-refractivity contribution in [3.8, 4) is 0 Å². The minimum Gasteiger partial charge on any atom is -0.383 e. The average Bonchev–Trinajstić information content (AvgIpc) is 3.10. The van der Waals surface area contributed by atoms with Crippen molar-refractivity contribution in [2.45, 2.75) is 58.9 Å². The van der Waals surface area contributed by atoms with E-state index in [2.05, 4.69) is 23.4 Å². The Hall–Kier alpha value is -0.940. The van der Waals surface area contributed by atoms with Gasteiger partial charge in [-0.15, -0.1) is 11.3 Å². The fourth-order valence-corrected chi connectivity index (χ4v) is 5.02. The van der Waals surface area contributed by atoms with E-state index in [0.717, 1.165) is 11.3 Å². The summed E-state index contributed by atoms with van der Waals surface area (Å²) < 4.78 is 7.32. The lowest BCUT2D eigenvalue weighted by Crippen LogP contribution is -2.21. The van der Waals surface area contributed by atoms with E-state index >= 15 is 0 Å². The minimum atomic E-state index is 0.120. The first-order valence-corrected chi connectivity index (χ1v) is 9.69. The SMILES string of the molecule is COCCn1c(C)c(C)s/c1=N\C(=O)[C@H]1[C@@H]2CCCCCC[C@@H]21. The van der Waals surface area contributed by atoms with Gasteiger partial charge < -0.3 is 9.30 Å². The number of fused-ring (bicyclic) bond motifs is 1. The molecule has 1 aromatic rings. The zero-order valence-electron chi connectivity index (χ0n) is 14.5. The summed E-state index contributed by atoms with van der Waals surface area (Å²) in [6.07, 6.45) is 7.70. The number of hydrogen-bond acceptors (Lipinski definition) is 3. The number of methoxy groups -OCH3 is 1. The summed E-state index contributed by atoms with van der Waals surface area (Å²) >= 11 is 1.63. The van der Waals surface area contributed by atoms with Crippen LogP contribution < -0.4 is 4.80 Å². The van der Waals surface area contributed by atoms with Crippen LogP contribution in [0.2, 0.25) is 0 Å². The standard InChI is InChI=1S/C18H28N2O2S/c1-12-13(2)23-18(20(12)10-11-22-3)19-17(21)16-14-8-6-4-5-7-9-15(14)16/h14-16H,4-11H2,1-3H3/b19-18-/t14-,15+,16+. The van der Waals surface area contributed by atoms with Crippen LogP contribution in [0.15, 0.2) is 4.99 Å². The second-order valence-corrected chi connectivity index (χ2v) is 8.15. The lowest BCUT2D eigenvalue weighted by atomic mass is 10.0. The number of ether oxygens (including phenoxy) is 1. The molecule has 2 saturated carbocycles. The maximum absolute atomic E-state index is 12.7. The molecule has 0 radical (unpaired) electrons. The van der Waals surface area contributed by atoms with E-state index in [-0.39, 0.29) is 11.8 Å². The van der Waals surface area contributed by atoms with Gasteiger partial charge in [0.15, 0.2) is 4.80 Å². The maximum Gasteiger partial charge on any atom is 0.252 e. The summed E-state index contributed by atoms with van der Waals surface area (Å²) in [7, 11) is 1.71. The summed E-state index contributed by atoms with van der Waals surface area (Å²) in [4.78, 5) is 19.3. The third-order valence-electron chi connectivity index (χ3n) is 5.56. The zero-order chi connectivity index (χ0) is 16.4. The lowest BCUT2D eigenvalue weighted by Gasteiger charge is -2.05. The number of hydrogen-bond donors (Lipinski definition) is 0. The zero-order valence-corrected chi connectivity index (χ0v) is 15.3. The van der Waals surface area contributed by atoms with E-state index in [4.69, 9.17) is 4.74 Å². The first-order valence-electron chi connectivity index (χ1n) is 8.88. The molecule has 0 bridgehead atoms. The van der Waals surface area contributed by atoms with Crippen LogP contribution in [0.1, 0.15) is 49.1 Å². The van der Waals surface area contributed by atoms with Crippen LogP contribution in [0.5, 0.6) is 0 Å². The Morgan fingerprint density at radius 3 is 2.48 bits per heavy atom. The van der Waals surface area contributed by atoms with Gasteiger partial charge in [0.25, 0.3) is 5.91 Å². The molecule has 23 heavy (non-hydrogen) atoms. The Balaban J connectivity index is 1.78. The molecule has 1 heterocycles. The van der Waals surface area contributed by atoms with E-state index in [1.165, 1.54) is 49.1 Å². The number of carbonyl (C=O) groups is 1. The Morgan fingerprint density at radius 1 is 1.22 bits per heavy atom. The van der Waals surface area contributed by atoms with Crippen LogP contribution in [0.25, 0.3) is 0 Å². The Bertz CT molecular complexity index is 617. The second-order valence-electron chi connectivity index (χ2n) is 6.97. The normalized spacial score (nSPS) is 28.1. The average molecular weight is 337 g/mol. The van der Waals surface area contributed by atoms with Crippen LogP contribution in [-0.2, 0) is 16.1 Å². The molecule has 2 fully saturated rings. The summed E-state index contributed by atoms with van der Waals surface area (Å²) in [6, 6.07) is 0. The minimum absolute atomic E-state index is 0.120. The van der Waals surface area contributed by atoms with E-state index in [1.54, 1.807) is 18.4 Å². The Kier molecular flexibility index (Phi) is 5.37. The van der Waals surface area contributed by atoms with Crippen molar-refractivity contribution in [3.05, 3.63) is 15.4 Å². The molecule has 1 amide bonds. The molecule has 2 aliphatic carbocycles. The third kappa shape index (κ3) is 3.61. The molecule has 1 aromatic heterocycles. The Morgan fingerprint density at radius 2 is 1.87 bits per heavy atom. The monoisotopic (exact) mass is 336 g/mol. The number of rotatable bonds is 4. The van der Waals surface area contributed by atoms with Gasteiger partial charge in [0, 0.05) is 30.1 Å². The number of thiazole rings is 1. The van der Waals surface area contributed by atoms with Crippen molar-refractivity contribution in [2.75, 3.05) is 13.7 Å².